The van der Waals surface area contributed by atoms with Crippen molar-refractivity contribution < 1.29 is 32.6 Å². The Bertz CT molecular complexity index is 2090. The Kier molecular flexibility index (Phi) is 12.3. The Hall–Kier alpha value is -3.69. The smallest absolute Gasteiger partial charge is 0.456 e. The molecule has 2 aliphatic heterocycles. The second kappa shape index (κ2) is 17.0. The van der Waals surface area contributed by atoms with Crippen molar-refractivity contribution in [2.75, 3.05) is 37.6 Å². The van der Waals surface area contributed by atoms with Gasteiger partial charge >= 0.3 is 6.30 Å². The van der Waals surface area contributed by atoms with Gasteiger partial charge in [0.1, 0.15) is 17.6 Å². The highest BCUT2D eigenvalue weighted by Crippen LogP contribution is 2.46. The van der Waals surface area contributed by atoms with Gasteiger partial charge < -0.3 is 14.7 Å². The molecule has 1 saturated heterocycles. The largest absolute Gasteiger partial charge is 0.493 e. The lowest BCUT2D eigenvalue weighted by molar-refractivity contribution is -0.334. The SMILES string of the molecule is CC1ON(C(F)(F)F)Sc2cc(SNC(=O)c3ccc(N4CCN(CC5=C(c6ccc(Cl)cc6)CC(C)(C)CC5)CC4)cc3Oc3ccccc3CO)ccc21. The molecule has 1 atom stereocenters. The third-order valence-corrected chi connectivity index (χ3v) is 12.5. The molecule has 1 amide bonds. The van der Waals surface area contributed by atoms with Crippen LogP contribution in [0.4, 0.5) is 18.9 Å². The van der Waals surface area contributed by atoms with Crippen LogP contribution in [0.5, 0.6) is 11.5 Å². The van der Waals surface area contributed by atoms with E-state index in [4.69, 9.17) is 21.2 Å². The monoisotopic (exact) mass is 824 g/mol. The molecule has 2 N–H and O–H groups in total. The van der Waals surface area contributed by atoms with Gasteiger partial charge in [-0.05, 0) is 119 Å². The zero-order chi connectivity index (χ0) is 39.6. The van der Waals surface area contributed by atoms with Crippen LogP contribution >= 0.6 is 35.5 Å². The van der Waals surface area contributed by atoms with Gasteiger partial charge in [-0.3, -0.25) is 19.3 Å². The number of carbonyl (C=O) groups excluding carboxylic acids is 1. The van der Waals surface area contributed by atoms with E-state index in [2.05, 4.69) is 40.5 Å². The predicted octanol–water partition coefficient (Wildman–Crippen LogP) is 10.7. The molecule has 3 aliphatic rings. The summed E-state index contributed by atoms with van der Waals surface area (Å²) < 4.78 is 49.4. The number of fused-ring (bicyclic) bond motifs is 1. The van der Waals surface area contributed by atoms with E-state index in [1.165, 1.54) is 16.7 Å². The van der Waals surface area contributed by atoms with E-state index in [1.807, 2.05) is 24.3 Å². The van der Waals surface area contributed by atoms with Crippen LogP contribution in [-0.2, 0) is 11.4 Å². The molecule has 0 bridgehead atoms. The van der Waals surface area contributed by atoms with Crippen LogP contribution < -0.4 is 14.4 Å². The second-order valence-corrected chi connectivity index (χ2v) is 17.3. The van der Waals surface area contributed by atoms with Gasteiger partial charge in [0.15, 0.2) is 0 Å². The van der Waals surface area contributed by atoms with Gasteiger partial charge in [-0.15, -0.1) is 0 Å². The third-order valence-electron chi connectivity index (χ3n) is 10.4. The summed E-state index contributed by atoms with van der Waals surface area (Å²) in [5.74, 6) is 0.304. The lowest BCUT2D eigenvalue weighted by atomic mass is 9.72. The van der Waals surface area contributed by atoms with E-state index in [0.717, 1.165) is 74.6 Å². The zero-order valence-electron chi connectivity index (χ0n) is 31.4. The molecule has 14 heteroatoms. The number of halogens is 4. The minimum Gasteiger partial charge on any atom is -0.456 e. The topological polar surface area (TPSA) is 77.5 Å². The summed E-state index contributed by atoms with van der Waals surface area (Å²) in [6, 6.07) is 25.8. The fourth-order valence-corrected chi connectivity index (χ4v) is 9.11. The number of hydrogen-bond acceptors (Lipinski definition) is 9. The van der Waals surface area contributed by atoms with E-state index in [-0.39, 0.29) is 22.1 Å². The van der Waals surface area contributed by atoms with Gasteiger partial charge in [-0.25, -0.2) is 0 Å². The number of nitrogens with zero attached hydrogens (tertiary/aromatic N) is 3. The van der Waals surface area contributed by atoms with Gasteiger partial charge in [-0.2, -0.15) is 13.2 Å². The molecule has 56 heavy (non-hydrogen) atoms. The molecule has 7 rings (SSSR count). The second-order valence-electron chi connectivity index (χ2n) is 15.0. The zero-order valence-corrected chi connectivity index (χ0v) is 33.8. The Morgan fingerprint density at radius 3 is 2.50 bits per heavy atom. The molecule has 296 valence electrons. The Balaban J connectivity index is 1.07. The first-order valence-corrected chi connectivity index (χ1v) is 20.5. The molecular weight excluding hydrogens is 781 g/mol. The fourth-order valence-electron chi connectivity index (χ4n) is 7.31. The van der Waals surface area contributed by atoms with Crippen LogP contribution in [0.25, 0.3) is 5.57 Å². The number of allylic oxidation sites excluding steroid dienone is 1. The van der Waals surface area contributed by atoms with E-state index >= 15 is 0 Å². The molecule has 0 saturated carbocycles. The molecule has 0 radical (unpaired) electrons. The Morgan fingerprint density at radius 1 is 1.02 bits per heavy atom. The first-order valence-electron chi connectivity index (χ1n) is 18.5. The highest BCUT2D eigenvalue weighted by Gasteiger charge is 2.44. The molecular formula is C42H44ClF3N4O4S2. The maximum atomic E-state index is 13.7. The van der Waals surface area contributed by atoms with Crippen molar-refractivity contribution in [1.82, 2.24) is 14.1 Å². The number of piperazine rings is 1. The third kappa shape index (κ3) is 9.53. The lowest BCUT2D eigenvalue weighted by Crippen LogP contribution is -2.47. The van der Waals surface area contributed by atoms with Crippen LogP contribution in [0, 0.1) is 5.41 Å². The highest BCUT2D eigenvalue weighted by atomic mass is 35.5. The summed E-state index contributed by atoms with van der Waals surface area (Å²) in [5.41, 5.74) is 6.79. The standard InChI is InChI=1S/C42H44ClF3N4O4S2/c1-27-34-15-13-33(23-39(34)56-50(54-27)42(44,45)46)55-47-40(52)35-14-12-32(22-38(35)53-37-7-5-4-6-30(37)26-51)49-20-18-48(19-21-49)25-29-16-17-41(2,3)24-36(29)28-8-10-31(43)11-9-28/h4-15,22-23,27,51H,16-21,24-26H2,1-3H3,(H,47,52). The number of carbonyl (C=O) groups is 1. The summed E-state index contributed by atoms with van der Waals surface area (Å²) in [5, 5.41) is 10.7. The molecule has 1 unspecified atom stereocenters. The summed E-state index contributed by atoms with van der Waals surface area (Å²) in [6.45, 7) is 10.2. The van der Waals surface area contributed by atoms with Gasteiger partial charge in [0.25, 0.3) is 5.91 Å². The first-order chi connectivity index (χ1) is 26.8. The predicted molar refractivity (Wildman–Crippen MR) is 217 cm³/mol. The first kappa shape index (κ1) is 40.5. The van der Waals surface area contributed by atoms with E-state index < -0.39 is 18.3 Å². The minimum absolute atomic E-state index is 0.0596. The van der Waals surface area contributed by atoms with Crippen molar-refractivity contribution in [3.8, 4) is 11.5 Å². The molecule has 4 aromatic carbocycles. The van der Waals surface area contributed by atoms with Crippen molar-refractivity contribution in [2.45, 2.75) is 68.8 Å². The quantitative estimate of drug-likeness (QED) is 0.120. The molecule has 0 spiro atoms. The number of anilines is 1. The summed E-state index contributed by atoms with van der Waals surface area (Å²) in [7, 11) is 0. The number of aliphatic hydroxyl groups is 1. The lowest BCUT2D eigenvalue weighted by Gasteiger charge is -2.39. The Morgan fingerprint density at radius 2 is 1.77 bits per heavy atom. The molecule has 2 heterocycles. The average molecular weight is 825 g/mol. The highest BCUT2D eigenvalue weighted by molar-refractivity contribution is 7.98. The number of ether oxygens (including phenoxy) is 1. The minimum atomic E-state index is -4.67. The number of para-hydroxylation sites is 1. The number of hydroxylamine groups is 1. The van der Waals surface area contributed by atoms with Crippen molar-refractivity contribution in [3.63, 3.8) is 0 Å². The van der Waals surface area contributed by atoms with E-state index in [9.17, 15) is 23.1 Å². The molecule has 1 fully saturated rings. The van der Waals surface area contributed by atoms with Crippen LogP contribution in [0.15, 0.2) is 100 Å². The molecule has 1 aliphatic carbocycles. The fraction of sp³-hybridized carbons (Fsp3) is 0.357. The number of nitrogens with one attached hydrogen (secondary N) is 1. The van der Waals surface area contributed by atoms with Gasteiger partial charge in [0, 0.05) is 64.9 Å². The maximum absolute atomic E-state index is 13.7. The molecule has 8 nitrogen and oxygen atoms in total. The van der Waals surface area contributed by atoms with Crippen molar-refractivity contribution in [2.24, 2.45) is 5.41 Å². The molecule has 4 aromatic rings. The normalized spacial score (nSPS) is 19.1. The molecule has 0 aromatic heterocycles. The summed E-state index contributed by atoms with van der Waals surface area (Å²) >= 11 is 7.67. The van der Waals surface area contributed by atoms with Crippen LogP contribution in [0.3, 0.4) is 0 Å². The van der Waals surface area contributed by atoms with Crippen molar-refractivity contribution in [1.29, 1.82) is 0 Å². The summed E-state index contributed by atoms with van der Waals surface area (Å²) in [4.78, 5) is 24.5. The van der Waals surface area contributed by atoms with Gasteiger partial charge in [0.05, 0.1) is 12.2 Å². The van der Waals surface area contributed by atoms with Crippen molar-refractivity contribution in [3.05, 3.63) is 118 Å². The van der Waals surface area contributed by atoms with E-state index in [0.29, 0.717) is 44.4 Å². The maximum Gasteiger partial charge on any atom is 0.493 e. The summed E-state index contributed by atoms with van der Waals surface area (Å²) in [6.07, 6.45) is -2.21. The number of benzene rings is 4. The van der Waals surface area contributed by atoms with Crippen molar-refractivity contribution >= 4 is 52.7 Å². The number of alkyl halides is 3. The van der Waals surface area contributed by atoms with Gasteiger partial charge in [0.2, 0.25) is 0 Å². The Labute approximate surface area is 339 Å². The number of amides is 1. The number of rotatable bonds is 10. The van der Waals surface area contributed by atoms with E-state index in [1.54, 1.807) is 55.5 Å². The van der Waals surface area contributed by atoms with Crippen LogP contribution in [-0.4, -0.2) is 59.4 Å². The van der Waals surface area contributed by atoms with Gasteiger partial charge in [-0.1, -0.05) is 67.4 Å². The number of hydrogen-bond donors (Lipinski definition) is 2. The van der Waals surface area contributed by atoms with Crippen LogP contribution in [0.1, 0.15) is 73.2 Å². The average Bonchev–Trinajstić information content (AvgIpc) is 3.18. The van der Waals surface area contributed by atoms with Crippen LogP contribution in [0.2, 0.25) is 5.02 Å². The number of aliphatic hydroxyl groups excluding tert-OH is 1.